The first kappa shape index (κ1) is 16.1. The first-order valence-corrected chi connectivity index (χ1v) is 7.01. The summed E-state index contributed by atoms with van der Waals surface area (Å²) in [7, 11) is -4.79. The lowest BCUT2D eigenvalue weighted by molar-refractivity contribution is -0.899. The predicted molar refractivity (Wildman–Crippen MR) is 61.4 cm³/mol. The van der Waals surface area contributed by atoms with Crippen LogP contribution in [0.1, 0.15) is 5.56 Å². The maximum atomic E-state index is 13.4. The average molecular weight is 340 g/mol. The van der Waals surface area contributed by atoms with E-state index in [4.69, 9.17) is 0 Å². The number of rotatable bonds is 3. The van der Waals surface area contributed by atoms with Gasteiger partial charge in [0.1, 0.15) is 9.63 Å². The number of aromatic nitrogens is 1. The van der Waals surface area contributed by atoms with Gasteiger partial charge in [-0.15, -0.1) is 13.1 Å². The molecule has 0 bridgehead atoms. The number of hydrogen-bond acceptors (Lipinski definition) is 3. The molecule has 2 rings (SSSR count). The maximum Gasteiger partial charge on any atom is 0.453 e. The summed E-state index contributed by atoms with van der Waals surface area (Å²) in [4.78, 5) is -0.519. The van der Waals surface area contributed by atoms with Gasteiger partial charge < -0.3 is 0 Å². The van der Waals surface area contributed by atoms with E-state index < -0.39 is 49.1 Å². The molecular formula is C12H7F5NO3S+. The van der Waals surface area contributed by atoms with Crippen LogP contribution in [0.4, 0.5) is 22.0 Å². The molecule has 0 aliphatic carbocycles. The fourth-order valence-electron chi connectivity index (χ4n) is 1.45. The molecular weight excluding hydrogens is 333 g/mol. The van der Waals surface area contributed by atoms with Crippen LogP contribution in [-0.4, -0.2) is 8.42 Å². The molecule has 4 nitrogen and oxygen atoms in total. The van der Waals surface area contributed by atoms with E-state index in [2.05, 4.69) is 4.28 Å². The molecule has 1 aromatic heterocycles. The van der Waals surface area contributed by atoms with Crippen molar-refractivity contribution in [3.63, 3.8) is 0 Å². The van der Waals surface area contributed by atoms with E-state index in [1.807, 2.05) is 0 Å². The predicted octanol–water partition coefficient (Wildman–Crippen LogP) is 1.80. The van der Waals surface area contributed by atoms with Crippen molar-refractivity contribution in [1.82, 2.24) is 0 Å². The normalized spacial score (nSPS) is 11.5. The molecule has 0 unspecified atom stereocenters. The van der Waals surface area contributed by atoms with E-state index in [0.717, 1.165) is 12.1 Å². The van der Waals surface area contributed by atoms with Crippen LogP contribution in [0.2, 0.25) is 0 Å². The van der Waals surface area contributed by atoms with E-state index in [0.29, 0.717) is 5.56 Å². The van der Waals surface area contributed by atoms with Crippen molar-refractivity contribution in [2.45, 2.75) is 11.8 Å². The van der Waals surface area contributed by atoms with Crippen LogP contribution in [0.5, 0.6) is 0 Å². The summed E-state index contributed by atoms with van der Waals surface area (Å²) in [6.07, 6.45) is 0. The van der Waals surface area contributed by atoms with Crippen LogP contribution >= 0.6 is 0 Å². The van der Waals surface area contributed by atoms with Crippen molar-refractivity contribution in [3.05, 3.63) is 59.2 Å². The van der Waals surface area contributed by atoms with Crippen molar-refractivity contribution in [1.29, 1.82) is 0 Å². The van der Waals surface area contributed by atoms with Gasteiger partial charge in [0, 0.05) is 0 Å². The molecule has 0 saturated heterocycles. The quantitative estimate of drug-likeness (QED) is 0.486. The molecule has 0 saturated carbocycles. The summed E-state index contributed by atoms with van der Waals surface area (Å²) in [6.45, 7) is 1.65. The summed E-state index contributed by atoms with van der Waals surface area (Å²) in [5.41, 5.74) is 0.683. The van der Waals surface area contributed by atoms with Gasteiger partial charge in [0.25, 0.3) is 11.6 Å². The Morgan fingerprint density at radius 2 is 1.32 bits per heavy atom. The van der Waals surface area contributed by atoms with E-state index >= 15 is 0 Å². The maximum absolute atomic E-state index is 13.4. The minimum Gasteiger partial charge on any atom is -0.200 e. The second-order valence-electron chi connectivity index (χ2n) is 4.16. The third kappa shape index (κ3) is 2.73. The Balaban J connectivity index is 2.53. The lowest BCUT2D eigenvalue weighted by Crippen LogP contribution is -2.53. The molecule has 0 aliphatic rings. The van der Waals surface area contributed by atoms with Crippen molar-refractivity contribution in [3.8, 4) is 0 Å². The minimum atomic E-state index is -4.79. The smallest absolute Gasteiger partial charge is 0.200 e. The zero-order chi connectivity index (χ0) is 16.7. The van der Waals surface area contributed by atoms with Gasteiger partial charge in [-0.2, -0.15) is 21.6 Å². The fourth-order valence-corrected chi connectivity index (χ4v) is 2.34. The molecule has 10 heteroatoms. The highest BCUT2D eigenvalue weighted by Crippen LogP contribution is 2.15. The first-order valence-electron chi connectivity index (χ1n) is 5.60. The van der Waals surface area contributed by atoms with Crippen LogP contribution in [0.3, 0.4) is 0 Å². The number of nitrogens with zero attached hydrogens (tertiary/aromatic N) is 1. The number of aryl methyl sites for hydroxylation is 1. The van der Waals surface area contributed by atoms with Crippen LogP contribution in [0.25, 0.3) is 0 Å². The Morgan fingerprint density at radius 3 is 1.77 bits per heavy atom. The number of pyridine rings is 1. The van der Waals surface area contributed by atoms with E-state index in [-0.39, 0.29) is 0 Å². The molecule has 0 spiro atoms. The zero-order valence-electron chi connectivity index (χ0n) is 10.8. The van der Waals surface area contributed by atoms with Gasteiger partial charge in [-0.1, -0.05) is 17.7 Å². The Bertz CT molecular complexity index is 808. The molecule has 0 radical (unpaired) electrons. The second kappa shape index (κ2) is 5.52. The van der Waals surface area contributed by atoms with Gasteiger partial charge in [-0.3, -0.25) is 0 Å². The summed E-state index contributed by atoms with van der Waals surface area (Å²) in [6, 6.07) is 4.83. The molecule has 22 heavy (non-hydrogen) atoms. The summed E-state index contributed by atoms with van der Waals surface area (Å²) in [5.74, 6) is -12.0. The van der Waals surface area contributed by atoms with Crippen molar-refractivity contribution >= 4 is 10.1 Å². The fraction of sp³-hybridized carbons (Fsp3) is 0.0833. The molecule has 118 valence electrons. The SMILES string of the molecule is Cc1ccc(S(=O)(=O)O[n+]2c(F)c(F)c(F)c(F)c2F)cc1. The summed E-state index contributed by atoms with van der Waals surface area (Å²) in [5, 5.41) is 0. The highest BCUT2D eigenvalue weighted by Gasteiger charge is 2.39. The lowest BCUT2D eigenvalue weighted by atomic mass is 10.2. The second-order valence-corrected chi connectivity index (χ2v) is 5.69. The third-order valence-electron chi connectivity index (χ3n) is 2.59. The Hall–Kier alpha value is -2.23. The Morgan fingerprint density at radius 1 is 0.864 bits per heavy atom. The standard InChI is InChI=1S/C12H7F5NO3S/c1-6-2-4-7(5-3-6)22(19,20)21-18-11(16)9(14)8(13)10(15)12(18)17/h2-5H,1H3/q+1. The number of benzene rings is 1. The highest BCUT2D eigenvalue weighted by atomic mass is 32.2. The minimum absolute atomic E-state index is 0.519. The van der Waals surface area contributed by atoms with Gasteiger partial charge >= 0.3 is 22.0 Å². The molecule has 2 aromatic rings. The van der Waals surface area contributed by atoms with Crippen LogP contribution in [0, 0.1) is 36.3 Å². The van der Waals surface area contributed by atoms with Crippen LogP contribution in [0.15, 0.2) is 29.2 Å². The zero-order valence-corrected chi connectivity index (χ0v) is 11.6. The molecule has 0 atom stereocenters. The van der Waals surface area contributed by atoms with Gasteiger partial charge in [0.05, 0.1) is 0 Å². The summed E-state index contributed by atoms with van der Waals surface area (Å²) >= 11 is 0. The van der Waals surface area contributed by atoms with Crippen molar-refractivity contribution in [2.75, 3.05) is 0 Å². The van der Waals surface area contributed by atoms with Gasteiger partial charge in [0.2, 0.25) is 5.82 Å². The van der Waals surface area contributed by atoms with Gasteiger partial charge in [-0.25, -0.2) is 0 Å². The average Bonchev–Trinajstić information content (AvgIpc) is 2.48. The Kier molecular flexibility index (Phi) is 4.05. The lowest BCUT2D eigenvalue weighted by Gasteiger charge is -2.03. The van der Waals surface area contributed by atoms with Crippen LogP contribution < -0.4 is 9.01 Å². The molecule has 0 N–H and O–H groups in total. The summed E-state index contributed by atoms with van der Waals surface area (Å²) < 4.78 is 92.2. The third-order valence-corrected chi connectivity index (χ3v) is 3.78. The molecule has 1 heterocycles. The van der Waals surface area contributed by atoms with Crippen molar-refractivity contribution < 1.29 is 39.4 Å². The molecule has 1 aromatic carbocycles. The number of hydrogen-bond donors (Lipinski definition) is 0. The first-order chi connectivity index (χ1) is 10.1. The molecule has 0 amide bonds. The number of halogens is 5. The molecule has 0 aliphatic heterocycles. The van der Waals surface area contributed by atoms with Gasteiger partial charge in [-0.05, 0) is 19.1 Å². The van der Waals surface area contributed by atoms with Crippen LogP contribution in [-0.2, 0) is 10.1 Å². The van der Waals surface area contributed by atoms with Gasteiger partial charge in [0.15, 0.2) is 0 Å². The molecule has 0 fully saturated rings. The topological polar surface area (TPSA) is 47.3 Å². The largest absolute Gasteiger partial charge is 0.453 e. The van der Waals surface area contributed by atoms with E-state index in [9.17, 15) is 30.4 Å². The van der Waals surface area contributed by atoms with E-state index in [1.165, 1.54) is 12.1 Å². The Labute approximate surface area is 121 Å². The van der Waals surface area contributed by atoms with Crippen molar-refractivity contribution in [2.24, 2.45) is 0 Å². The monoisotopic (exact) mass is 340 g/mol. The van der Waals surface area contributed by atoms with E-state index in [1.54, 1.807) is 6.92 Å². The highest BCUT2D eigenvalue weighted by molar-refractivity contribution is 7.86.